The molecule has 2 N–H and O–H groups in total. The van der Waals surface area contributed by atoms with E-state index in [1.807, 2.05) is 30.1 Å². The maximum Gasteiger partial charge on any atom is 0.239 e. The van der Waals surface area contributed by atoms with Gasteiger partial charge in [0.25, 0.3) is 0 Å². The average molecular weight is 260 g/mol. The lowest BCUT2D eigenvalue weighted by Crippen LogP contribution is -2.27. The van der Waals surface area contributed by atoms with E-state index in [9.17, 15) is 4.79 Å². The standard InChI is InChI=1S/C14H20N4O/c1-16-14(11-3-4-11)12-5-8-18(9-12)10-13(19)17-7-2-6-15/h5,8-9,11,14,16H,2-4,7,10H2,1H3,(H,17,19). The summed E-state index contributed by atoms with van der Waals surface area (Å²) in [6, 6.07) is 4.48. The molecule has 0 radical (unpaired) electrons. The summed E-state index contributed by atoms with van der Waals surface area (Å²) >= 11 is 0. The van der Waals surface area contributed by atoms with E-state index in [-0.39, 0.29) is 5.91 Å². The molecular weight excluding hydrogens is 240 g/mol. The van der Waals surface area contributed by atoms with Crippen LogP contribution in [0.4, 0.5) is 0 Å². The van der Waals surface area contributed by atoms with Crippen LogP contribution in [0.2, 0.25) is 0 Å². The van der Waals surface area contributed by atoms with Crippen LogP contribution in [-0.2, 0) is 11.3 Å². The summed E-state index contributed by atoms with van der Waals surface area (Å²) in [6.45, 7) is 0.733. The zero-order valence-corrected chi connectivity index (χ0v) is 11.2. The molecule has 5 heteroatoms. The van der Waals surface area contributed by atoms with Crippen LogP contribution in [0.15, 0.2) is 18.5 Å². The number of hydrogen-bond acceptors (Lipinski definition) is 3. The molecule has 1 aliphatic carbocycles. The fourth-order valence-electron chi connectivity index (χ4n) is 2.33. The second-order valence-corrected chi connectivity index (χ2v) is 4.98. The largest absolute Gasteiger partial charge is 0.354 e. The van der Waals surface area contributed by atoms with E-state index in [2.05, 4.69) is 16.7 Å². The van der Waals surface area contributed by atoms with Crippen molar-refractivity contribution < 1.29 is 4.79 Å². The van der Waals surface area contributed by atoms with Crippen LogP contribution in [0.5, 0.6) is 0 Å². The summed E-state index contributed by atoms with van der Waals surface area (Å²) in [5.74, 6) is 0.690. The molecule has 0 saturated heterocycles. The van der Waals surface area contributed by atoms with Gasteiger partial charge < -0.3 is 15.2 Å². The second kappa shape index (κ2) is 6.39. The van der Waals surface area contributed by atoms with Crippen LogP contribution in [0.3, 0.4) is 0 Å². The Bertz CT molecular complexity index is 470. The van der Waals surface area contributed by atoms with E-state index in [0.29, 0.717) is 25.6 Å². The minimum Gasteiger partial charge on any atom is -0.354 e. The minimum atomic E-state index is -0.0511. The highest BCUT2D eigenvalue weighted by Crippen LogP contribution is 2.40. The first kappa shape index (κ1) is 13.6. The lowest BCUT2D eigenvalue weighted by Gasteiger charge is -2.13. The Hall–Kier alpha value is -1.80. The maximum absolute atomic E-state index is 11.6. The zero-order chi connectivity index (χ0) is 13.7. The highest BCUT2D eigenvalue weighted by atomic mass is 16.1. The quantitative estimate of drug-likeness (QED) is 0.723. The second-order valence-electron chi connectivity index (χ2n) is 4.98. The molecule has 102 valence electrons. The number of carbonyl (C=O) groups excluding carboxylic acids is 1. The molecule has 0 aromatic carbocycles. The van der Waals surface area contributed by atoms with Crippen LogP contribution in [0.25, 0.3) is 0 Å². The molecule has 1 unspecified atom stereocenters. The highest BCUT2D eigenvalue weighted by Gasteiger charge is 2.31. The van der Waals surface area contributed by atoms with E-state index in [0.717, 1.165) is 5.92 Å². The van der Waals surface area contributed by atoms with Gasteiger partial charge in [-0.2, -0.15) is 5.26 Å². The molecule has 0 spiro atoms. The van der Waals surface area contributed by atoms with Gasteiger partial charge in [0, 0.05) is 25.0 Å². The monoisotopic (exact) mass is 260 g/mol. The first-order valence-corrected chi connectivity index (χ1v) is 6.71. The third-order valence-corrected chi connectivity index (χ3v) is 3.42. The Morgan fingerprint density at radius 1 is 1.63 bits per heavy atom. The van der Waals surface area contributed by atoms with Gasteiger partial charge in [-0.25, -0.2) is 0 Å². The number of carbonyl (C=O) groups is 1. The number of hydrogen-bond donors (Lipinski definition) is 2. The van der Waals surface area contributed by atoms with Crippen LogP contribution < -0.4 is 10.6 Å². The molecule has 1 atom stereocenters. The van der Waals surface area contributed by atoms with Crippen molar-refractivity contribution in [3.8, 4) is 6.07 Å². The van der Waals surface area contributed by atoms with Crippen molar-refractivity contribution >= 4 is 5.91 Å². The smallest absolute Gasteiger partial charge is 0.239 e. The lowest BCUT2D eigenvalue weighted by atomic mass is 10.1. The van der Waals surface area contributed by atoms with Gasteiger partial charge in [0.1, 0.15) is 6.54 Å². The number of nitrogens with zero attached hydrogens (tertiary/aromatic N) is 2. The predicted octanol–water partition coefficient (Wildman–Crippen LogP) is 1.19. The molecule has 1 aromatic rings. The molecule has 1 amide bonds. The van der Waals surface area contributed by atoms with Crippen molar-refractivity contribution in [2.75, 3.05) is 13.6 Å². The van der Waals surface area contributed by atoms with Gasteiger partial charge in [0.2, 0.25) is 5.91 Å². The van der Waals surface area contributed by atoms with Gasteiger partial charge >= 0.3 is 0 Å². The maximum atomic E-state index is 11.6. The summed E-state index contributed by atoms with van der Waals surface area (Å²) in [4.78, 5) is 11.6. The number of nitriles is 1. The molecule has 1 fully saturated rings. The molecule has 1 aliphatic rings. The van der Waals surface area contributed by atoms with E-state index < -0.39 is 0 Å². The van der Waals surface area contributed by atoms with Crippen molar-refractivity contribution in [1.82, 2.24) is 15.2 Å². The molecule has 2 rings (SSSR count). The third-order valence-electron chi connectivity index (χ3n) is 3.42. The number of rotatable bonds is 7. The van der Waals surface area contributed by atoms with Crippen LogP contribution in [0.1, 0.15) is 30.9 Å². The SMILES string of the molecule is CNC(c1ccn(CC(=O)NCCC#N)c1)C1CC1. The Kier molecular flexibility index (Phi) is 4.58. The van der Waals surface area contributed by atoms with Crippen molar-refractivity contribution in [3.63, 3.8) is 0 Å². The summed E-state index contributed by atoms with van der Waals surface area (Å²) < 4.78 is 1.89. The fraction of sp³-hybridized carbons (Fsp3) is 0.571. The van der Waals surface area contributed by atoms with Gasteiger partial charge in [-0.1, -0.05) is 0 Å². The van der Waals surface area contributed by atoms with E-state index in [4.69, 9.17) is 5.26 Å². The van der Waals surface area contributed by atoms with Gasteiger partial charge in [-0.05, 0) is 37.4 Å². The van der Waals surface area contributed by atoms with Crippen molar-refractivity contribution in [2.24, 2.45) is 5.92 Å². The summed E-state index contributed by atoms with van der Waals surface area (Å²) in [7, 11) is 1.98. The Morgan fingerprint density at radius 3 is 3.05 bits per heavy atom. The third kappa shape index (κ3) is 3.83. The lowest BCUT2D eigenvalue weighted by molar-refractivity contribution is -0.121. The van der Waals surface area contributed by atoms with E-state index in [1.54, 1.807) is 0 Å². The van der Waals surface area contributed by atoms with Gasteiger partial charge in [-0.3, -0.25) is 4.79 Å². The molecule has 0 aliphatic heterocycles. The van der Waals surface area contributed by atoms with Gasteiger partial charge in [0.05, 0.1) is 12.5 Å². The summed E-state index contributed by atoms with van der Waals surface area (Å²) in [5.41, 5.74) is 1.25. The normalized spacial score (nSPS) is 15.8. The van der Waals surface area contributed by atoms with E-state index >= 15 is 0 Å². The molecule has 1 heterocycles. The Morgan fingerprint density at radius 2 is 2.42 bits per heavy atom. The van der Waals surface area contributed by atoms with Crippen molar-refractivity contribution in [2.45, 2.75) is 31.8 Å². The van der Waals surface area contributed by atoms with Crippen LogP contribution in [-0.4, -0.2) is 24.1 Å². The minimum absolute atomic E-state index is 0.0511. The van der Waals surface area contributed by atoms with Crippen molar-refractivity contribution in [1.29, 1.82) is 5.26 Å². The first-order valence-electron chi connectivity index (χ1n) is 6.71. The Balaban J connectivity index is 1.86. The Labute approximate surface area is 113 Å². The fourth-order valence-corrected chi connectivity index (χ4v) is 2.33. The molecule has 0 bridgehead atoms. The first-order chi connectivity index (χ1) is 9.24. The van der Waals surface area contributed by atoms with Gasteiger partial charge in [-0.15, -0.1) is 0 Å². The van der Waals surface area contributed by atoms with Crippen LogP contribution >= 0.6 is 0 Å². The van der Waals surface area contributed by atoms with Crippen molar-refractivity contribution in [3.05, 3.63) is 24.0 Å². The molecule has 19 heavy (non-hydrogen) atoms. The molecule has 1 saturated carbocycles. The molecule has 1 aromatic heterocycles. The van der Waals surface area contributed by atoms with E-state index in [1.165, 1.54) is 18.4 Å². The average Bonchev–Trinajstić information content (AvgIpc) is 3.12. The topological polar surface area (TPSA) is 69.8 Å². The molecule has 5 nitrogen and oxygen atoms in total. The molecular formula is C14H20N4O. The number of amides is 1. The summed E-state index contributed by atoms with van der Waals surface area (Å²) in [6.07, 6.45) is 6.89. The van der Waals surface area contributed by atoms with Crippen LogP contribution in [0, 0.1) is 17.2 Å². The number of nitrogens with one attached hydrogen (secondary N) is 2. The van der Waals surface area contributed by atoms with Gasteiger partial charge in [0.15, 0.2) is 0 Å². The highest BCUT2D eigenvalue weighted by molar-refractivity contribution is 5.75. The predicted molar refractivity (Wildman–Crippen MR) is 72.2 cm³/mol. The summed E-state index contributed by atoms with van der Waals surface area (Å²) in [5, 5.41) is 14.5. The zero-order valence-electron chi connectivity index (χ0n) is 11.2. The number of aromatic nitrogens is 1.